The molecule has 1 heterocycles. The molecule has 1 atom stereocenters. The molecule has 2 amide bonds. The molecule has 0 bridgehead atoms. The van der Waals surface area contributed by atoms with Crippen molar-refractivity contribution in [3.63, 3.8) is 0 Å². The van der Waals surface area contributed by atoms with E-state index in [9.17, 15) is 9.59 Å². The normalized spacial score (nSPS) is 17.2. The Morgan fingerprint density at radius 2 is 2.19 bits per heavy atom. The molecule has 5 nitrogen and oxygen atoms in total. The maximum atomic E-state index is 12.5. The van der Waals surface area contributed by atoms with Crippen molar-refractivity contribution in [2.75, 3.05) is 13.1 Å². The molecule has 1 saturated heterocycles. The number of nitrogens with zero attached hydrogens (tertiary/aromatic N) is 1. The van der Waals surface area contributed by atoms with Gasteiger partial charge >= 0.3 is 0 Å². The minimum atomic E-state index is -0.502. The maximum Gasteiger partial charge on any atom is 0.254 e. The lowest BCUT2D eigenvalue weighted by Crippen LogP contribution is -2.43. The van der Waals surface area contributed by atoms with E-state index in [1.807, 2.05) is 13.0 Å². The molecule has 5 heteroatoms. The summed E-state index contributed by atoms with van der Waals surface area (Å²) >= 11 is 0. The summed E-state index contributed by atoms with van der Waals surface area (Å²) in [5.41, 5.74) is 13.0. The molecule has 1 aromatic carbocycles. The fourth-order valence-corrected chi connectivity index (χ4v) is 2.51. The van der Waals surface area contributed by atoms with Crippen molar-refractivity contribution in [2.45, 2.75) is 25.8 Å². The van der Waals surface area contributed by atoms with Gasteiger partial charge in [0, 0.05) is 17.7 Å². The Hall–Kier alpha value is -2.32. The zero-order chi connectivity index (χ0) is 15.4. The Balaban J connectivity index is 2.29. The molecule has 1 aliphatic rings. The Bertz CT molecular complexity index is 628. The average Bonchev–Trinajstić information content (AvgIpc) is 2.95. The van der Waals surface area contributed by atoms with Gasteiger partial charge in [0.25, 0.3) is 5.91 Å². The summed E-state index contributed by atoms with van der Waals surface area (Å²) in [6.07, 6.45) is 1.43. The highest BCUT2D eigenvalue weighted by Gasteiger charge is 2.33. The minimum absolute atomic E-state index is 0.174. The molecule has 2 rings (SSSR count). The summed E-state index contributed by atoms with van der Waals surface area (Å²) in [6.45, 7) is 2.76. The molecule has 4 N–H and O–H groups in total. The molecule has 1 aliphatic heterocycles. The van der Waals surface area contributed by atoms with E-state index in [1.165, 1.54) is 0 Å². The Morgan fingerprint density at radius 3 is 2.86 bits per heavy atom. The van der Waals surface area contributed by atoms with E-state index in [-0.39, 0.29) is 12.5 Å². The van der Waals surface area contributed by atoms with E-state index in [0.717, 1.165) is 17.5 Å². The van der Waals surface area contributed by atoms with E-state index >= 15 is 0 Å². The van der Waals surface area contributed by atoms with Crippen molar-refractivity contribution in [1.29, 1.82) is 0 Å². The molecular formula is C16H19N3O2. The summed E-state index contributed by atoms with van der Waals surface area (Å²) in [6, 6.07) is 4.85. The van der Waals surface area contributed by atoms with Crippen LogP contribution >= 0.6 is 0 Å². The van der Waals surface area contributed by atoms with Crippen molar-refractivity contribution in [3.8, 4) is 11.8 Å². The smallest absolute Gasteiger partial charge is 0.254 e. The molecule has 0 radical (unpaired) electrons. The van der Waals surface area contributed by atoms with Crippen molar-refractivity contribution in [3.05, 3.63) is 34.9 Å². The monoisotopic (exact) mass is 285 g/mol. The molecule has 0 aliphatic carbocycles. The molecule has 1 fully saturated rings. The first-order valence-electron chi connectivity index (χ1n) is 6.94. The number of likely N-dealkylation sites (tertiary alicyclic amines) is 1. The van der Waals surface area contributed by atoms with Crippen LogP contribution in [0.5, 0.6) is 0 Å². The Kier molecular flexibility index (Phi) is 4.61. The SMILES string of the molecule is Cc1ccc(C(=O)N2CCCC2C(N)=O)cc1C#CCN. The van der Waals surface area contributed by atoms with Crippen LogP contribution in [0.1, 0.15) is 34.3 Å². The van der Waals surface area contributed by atoms with Crippen LogP contribution in [0.25, 0.3) is 0 Å². The second kappa shape index (κ2) is 6.42. The summed E-state index contributed by atoms with van der Waals surface area (Å²) in [5, 5.41) is 0. The largest absolute Gasteiger partial charge is 0.368 e. The highest BCUT2D eigenvalue weighted by atomic mass is 16.2. The zero-order valence-corrected chi connectivity index (χ0v) is 12.1. The van der Waals surface area contributed by atoms with Crippen LogP contribution in [-0.2, 0) is 4.79 Å². The van der Waals surface area contributed by atoms with Gasteiger partial charge in [-0.3, -0.25) is 9.59 Å². The van der Waals surface area contributed by atoms with Crippen LogP contribution in [0.15, 0.2) is 18.2 Å². The number of hydrogen-bond acceptors (Lipinski definition) is 3. The molecule has 0 aromatic heterocycles. The number of aryl methyl sites for hydroxylation is 1. The lowest BCUT2D eigenvalue weighted by molar-refractivity contribution is -0.121. The average molecular weight is 285 g/mol. The summed E-state index contributed by atoms with van der Waals surface area (Å²) in [5.74, 6) is 5.12. The van der Waals surface area contributed by atoms with Crippen LogP contribution in [-0.4, -0.2) is 35.8 Å². The molecule has 0 saturated carbocycles. The fourth-order valence-electron chi connectivity index (χ4n) is 2.51. The zero-order valence-electron chi connectivity index (χ0n) is 12.1. The van der Waals surface area contributed by atoms with E-state index in [0.29, 0.717) is 18.5 Å². The number of carbonyl (C=O) groups is 2. The van der Waals surface area contributed by atoms with Crippen LogP contribution in [0, 0.1) is 18.8 Å². The maximum absolute atomic E-state index is 12.5. The van der Waals surface area contributed by atoms with Gasteiger partial charge in [0.1, 0.15) is 6.04 Å². The minimum Gasteiger partial charge on any atom is -0.368 e. The number of nitrogens with two attached hydrogens (primary N) is 2. The third-order valence-electron chi connectivity index (χ3n) is 3.65. The molecular weight excluding hydrogens is 266 g/mol. The first-order valence-corrected chi connectivity index (χ1v) is 6.94. The lowest BCUT2D eigenvalue weighted by Gasteiger charge is -2.22. The van der Waals surface area contributed by atoms with Crippen LogP contribution in [0.2, 0.25) is 0 Å². The molecule has 1 unspecified atom stereocenters. The number of hydrogen-bond donors (Lipinski definition) is 2. The predicted molar refractivity (Wildman–Crippen MR) is 80.4 cm³/mol. The number of benzene rings is 1. The highest BCUT2D eigenvalue weighted by molar-refractivity contribution is 5.98. The van der Waals surface area contributed by atoms with E-state index in [2.05, 4.69) is 11.8 Å². The summed E-state index contributed by atoms with van der Waals surface area (Å²) < 4.78 is 0. The van der Waals surface area contributed by atoms with Crippen molar-refractivity contribution < 1.29 is 9.59 Å². The molecule has 110 valence electrons. The lowest BCUT2D eigenvalue weighted by atomic mass is 10.0. The third kappa shape index (κ3) is 3.23. The predicted octanol–water partition coefficient (Wildman–Crippen LogP) is 0.395. The number of primary amides is 1. The topological polar surface area (TPSA) is 89.4 Å². The first kappa shape index (κ1) is 15.1. The van der Waals surface area contributed by atoms with Crippen molar-refractivity contribution in [2.24, 2.45) is 11.5 Å². The number of rotatable bonds is 2. The quantitative estimate of drug-likeness (QED) is 0.771. The highest BCUT2D eigenvalue weighted by Crippen LogP contribution is 2.21. The Morgan fingerprint density at radius 1 is 1.43 bits per heavy atom. The van der Waals surface area contributed by atoms with Crippen LogP contribution in [0.3, 0.4) is 0 Å². The van der Waals surface area contributed by atoms with Crippen LogP contribution < -0.4 is 11.5 Å². The second-order valence-electron chi connectivity index (χ2n) is 5.09. The van der Waals surface area contributed by atoms with Gasteiger partial charge in [-0.1, -0.05) is 17.9 Å². The van der Waals surface area contributed by atoms with Gasteiger partial charge in [0.15, 0.2) is 0 Å². The van der Waals surface area contributed by atoms with Gasteiger partial charge in [-0.25, -0.2) is 0 Å². The summed E-state index contributed by atoms with van der Waals surface area (Å²) in [4.78, 5) is 25.5. The van der Waals surface area contributed by atoms with Crippen LogP contribution in [0.4, 0.5) is 0 Å². The third-order valence-corrected chi connectivity index (χ3v) is 3.65. The Labute approximate surface area is 124 Å². The van der Waals surface area contributed by atoms with E-state index in [1.54, 1.807) is 17.0 Å². The second-order valence-corrected chi connectivity index (χ2v) is 5.09. The van der Waals surface area contributed by atoms with E-state index in [4.69, 9.17) is 11.5 Å². The molecule has 0 spiro atoms. The van der Waals surface area contributed by atoms with Crippen molar-refractivity contribution in [1.82, 2.24) is 4.90 Å². The van der Waals surface area contributed by atoms with Gasteiger partial charge < -0.3 is 16.4 Å². The number of carbonyl (C=O) groups excluding carboxylic acids is 2. The first-order chi connectivity index (χ1) is 10.0. The van der Waals surface area contributed by atoms with Gasteiger partial charge in [-0.15, -0.1) is 0 Å². The van der Waals surface area contributed by atoms with Gasteiger partial charge in [-0.05, 0) is 37.5 Å². The van der Waals surface area contributed by atoms with E-state index < -0.39 is 11.9 Å². The van der Waals surface area contributed by atoms with Crippen molar-refractivity contribution >= 4 is 11.8 Å². The fraction of sp³-hybridized carbons (Fsp3) is 0.375. The standard InChI is InChI=1S/C16H19N3O2/c1-11-6-7-13(10-12(11)4-2-8-17)16(21)19-9-3-5-14(19)15(18)20/h6-7,10,14H,3,5,8-9,17H2,1H3,(H2,18,20). The number of amides is 2. The summed E-state index contributed by atoms with van der Waals surface area (Å²) in [7, 11) is 0. The molecule has 21 heavy (non-hydrogen) atoms. The molecule has 1 aromatic rings. The van der Waals surface area contributed by atoms with Gasteiger partial charge in [0.05, 0.1) is 6.54 Å². The van der Waals surface area contributed by atoms with Gasteiger partial charge in [-0.2, -0.15) is 0 Å². The van der Waals surface area contributed by atoms with Gasteiger partial charge in [0.2, 0.25) is 5.91 Å².